The van der Waals surface area contributed by atoms with Gasteiger partial charge in [-0.2, -0.15) is 0 Å². The highest BCUT2D eigenvalue weighted by Gasteiger charge is 2.02. The SMILES string of the molecule is C=C(CNC)Cn1ccc2ccccc2c1=O. The summed E-state index contributed by atoms with van der Waals surface area (Å²) < 4.78 is 1.70. The summed E-state index contributed by atoms with van der Waals surface area (Å²) in [6.07, 6.45) is 1.82. The number of hydrogen-bond acceptors (Lipinski definition) is 2. The molecule has 0 amide bonds. The van der Waals surface area contributed by atoms with E-state index in [2.05, 4.69) is 11.9 Å². The van der Waals surface area contributed by atoms with Crippen LogP contribution in [0.4, 0.5) is 0 Å². The first-order valence-corrected chi connectivity index (χ1v) is 5.62. The first kappa shape index (κ1) is 11.6. The van der Waals surface area contributed by atoms with Gasteiger partial charge in [-0.1, -0.05) is 24.8 Å². The van der Waals surface area contributed by atoms with Crippen LogP contribution < -0.4 is 10.9 Å². The molecule has 3 nitrogen and oxygen atoms in total. The summed E-state index contributed by atoms with van der Waals surface area (Å²) in [4.78, 5) is 12.2. The van der Waals surface area contributed by atoms with Gasteiger partial charge in [-0.15, -0.1) is 0 Å². The van der Waals surface area contributed by atoms with Gasteiger partial charge in [0.25, 0.3) is 5.56 Å². The zero-order valence-electron chi connectivity index (χ0n) is 9.94. The van der Waals surface area contributed by atoms with E-state index in [1.807, 2.05) is 43.6 Å². The lowest BCUT2D eigenvalue weighted by atomic mass is 10.2. The Morgan fingerprint density at radius 2 is 2.12 bits per heavy atom. The van der Waals surface area contributed by atoms with Gasteiger partial charge in [-0.3, -0.25) is 4.79 Å². The smallest absolute Gasteiger partial charge is 0.258 e. The number of pyridine rings is 1. The molecule has 0 atom stereocenters. The average molecular weight is 228 g/mol. The molecule has 2 rings (SSSR count). The summed E-state index contributed by atoms with van der Waals surface area (Å²) in [6, 6.07) is 9.59. The molecule has 2 aromatic rings. The van der Waals surface area contributed by atoms with E-state index in [0.29, 0.717) is 6.54 Å². The van der Waals surface area contributed by atoms with Gasteiger partial charge in [0.1, 0.15) is 0 Å². The van der Waals surface area contributed by atoms with Crippen molar-refractivity contribution < 1.29 is 0 Å². The summed E-state index contributed by atoms with van der Waals surface area (Å²) in [7, 11) is 1.87. The number of nitrogens with zero attached hydrogens (tertiary/aromatic N) is 1. The first-order valence-electron chi connectivity index (χ1n) is 5.62. The van der Waals surface area contributed by atoms with Crippen molar-refractivity contribution in [2.24, 2.45) is 0 Å². The maximum Gasteiger partial charge on any atom is 0.258 e. The van der Waals surface area contributed by atoms with E-state index in [4.69, 9.17) is 0 Å². The maximum absolute atomic E-state index is 12.2. The Kier molecular flexibility index (Phi) is 3.40. The van der Waals surface area contributed by atoms with Gasteiger partial charge >= 0.3 is 0 Å². The van der Waals surface area contributed by atoms with Gasteiger partial charge in [-0.05, 0) is 30.1 Å². The van der Waals surface area contributed by atoms with Crippen molar-refractivity contribution in [2.75, 3.05) is 13.6 Å². The number of hydrogen-bond donors (Lipinski definition) is 1. The van der Waals surface area contributed by atoms with Crippen LogP contribution in [0, 0.1) is 0 Å². The highest BCUT2D eigenvalue weighted by molar-refractivity contribution is 5.81. The molecule has 0 aliphatic carbocycles. The first-order chi connectivity index (χ1) is 8.22. The van der Waals surface area contributed by atoms with Crippen molar-refractivity contribution in [2.45, 2.75) is 6.54 Å². The fraction of sp³-hybridized carbons (Fsp3) is 0.214. The number of fused-ring (bicyclic) bond motifs is 1. The van der Waals surface area contributed by atoms with Crippen molar-refractivity contribution in [1.82, 2.24) is 9.88 Å². The minimum Gasteiger partial charge on any atom is -0.316 e. The second-order valence-corrected chi connectivity index (χ2v) is 4.12. The largest absolute Gasteiger partial charge is 0.316 e. The Hall–Kier alpha value is -1.87. The number of rotatable bonds is 4. The molecule has 17 heavy (non-hydrogen) atoms. The normalized spacial score (nSPS) is 10.6. The van der Waals surface area contributed by atoms with Gasteiger partial charge in [0.05, 0.1) is 0 Å². The summed E-state index contributed by atoms with van der Waals surface area (Å²) in [6.45, 7) is 5.22. The van der Waals surface area contributed by atoms with Gasteiger partial charge in [0.15, 0.2) is 0 Å². The van der Waals surface area contributed by atoms with Crippen LogP contribution in [-0.4, -0.2) is 18.2 Å². The summed E-state index contributed by atoms with van der Waals surface area (Å²) in [5.74, 6) is 0. The van der Waals surface area contributed by atoms with Crippen molar-refractivity contribution in [3.63, 3.8) is 0 Å². The van der Waals surface area contributed by atoms with E-state index in [9.17, 15) is 4.79 Å². The predicted molar refractivity (Wildman–Crippen MR) is 71.3 cm³/mol. The Morgan fingerprint density at radius 1 is 1.35 bits per heavy atom. The number of nitrogens with one attached hydrogen (secondary N) is 1. The van der Waals surface area contributed by atoms with Crippen molar-refractivity contribution in [1.29, 1.82) is 0 Å². The van der Waals surface area contributed by atoms with E-state index in [1.165, 1.54) is 0 Å². The van der Waals surface area contributed by atoms with Crippen LogP contribution in [0.1, 0.15) is 0 Å². The third-order valence-corrected chi connectivity index (χ3v) is 2.71. The Morgan fingerprint density at radius 3 is 2.88 bits per heavy atom. The molecular weight excluding hydrogens is 212 g/mol. The van der Waals surface area contributed by atoms with Gasteiger partial charge < -0.3 is 9.88 Å². The quantitative estimate of drug-likeness (QED) is 0.809. The Labute approximate surface area is 100 Å². The lowest BCUT2D eigenvalue weighted by molar-refractivity contribution is 0.717. The Balaban J connectivity index is 2.39. The zero-order chi connectivity index (χ0) is 12.3. The van der Waals surface area contributed by atoms with E-state index in [-0.39, 0.29) is 5.56 Å². The van der Waals surface area contributed by atoms with Crippen LogP contribution in [0.25, 0.3) is 10.8 Å². The second kappa shape index (κ2) is 4.97. The van der Waals surface area contributed by atoms with Crippen LogP contribution >= 0.6 is 0 Å². The van der Waals surface area contributed by atoms with Crippen LogP contribution in [0.2, 0.25) is 0 Å². The molecule has 0 radical (unpaired) electrons. The van der Waals surface area contributed by atoms with Crippen molar-refractivity contribution in [3.8, 4) is 0 Å². The fourth-order valence-corrected chi connectivity index (χ4v) is 1.90. The third-order valence-electron chi connectivity index (χ3n) is 2.71. The van der Waals surface area contributed by atoms with Gasteiger partial charge in [0.2, 0.25) is 0 Å². The van der Waals surface area contributed by atoms with Crippen LogP contribution in [0.5, 0.6) is 0 Å². The number of likely N-dealkylation sites (N-methyl/N-ethyl adjacent to an activating group) is 1. The number of benzene rings is 1. The molecule has 1 aromatic heterocycles. The van der Waals surface area contributed by atoms with E-state index in [0.717, 1.165) is 22.9 Å². The van der Waals surface area contributed by atoms with Crippen LogP contribution in [0.15, 0.2) is 53.5 Å². The molecule has 3 heteroatoms. The van der Waals surface area contributed by atoms with Gasteiger partial charge in [-0.25, -0.2) is 0 Å². The molecule has 0 saturated carbocycles. The molecule has 88 valence electrons. The summed E-state index contributed by atoms with van der Waals surface area (Å²) in [5.41, 5.74) is 1.03. The Bertz CT molecular complexity index is 598. The molecule has 1 heterocycles. The fourth-order valence-electron chi connectivity index (χ4n) is 1.90. The zero-order valence-corrected chi connectivity index (χ0v) is 9.94. The molecule has 0 bridgehead atoms. The molecule has 1 aromatic carbocycles. The van der Waals surface area contributed by atoms with Crippen LogP contribution in [-0.2, 0) is 6.54 Å². The minimum absolute atomic E-state index is 0.0420. The molecular formula is C14H16N2O. The monoisotopic (exact) mass is 228 g/mol. The topological polar surface area (TPSA) is 34.0 Å². The molecule has 0 aliphatic heterocycles. The molecule has 0 unspecified atom stereocenters. The molecule has 1 N–H and O–H groups in total. The summed E-state index contributed by atoms with van der Waals surface area (Å²) in [5, 5.41) is 4.77. The third kappa shape index (κ3) is 2.45. The lowest BCUT2D eigenvalue weighted by Gasteiger charge is -2.09. The second-order valence-electron chi connectivity index (χ2n) is 4.12. The van der Waals surface area contributed by atoms with Crippen molar-refractivity contribution in [3.05, 3.63) is 59.0 Å². The van der Waals surface area contributed by atoms with Crippen molar-refractivity contribution >= 4 is 10.8 Å². The lowest BCUT2D eigenvalue weighted by Crippen LogP contribution is -2.23. The predicted octanol–water partition coefficient (Wildman–Crippen LogP) is 1.78. The minimum atomic E-state index is 0.0420. The van der Waals surface area contributed by atoms with Gasteiger partial charge in [0, 0.05) is 24.7 Å². The standard InChI is InChI=1S/C14H16N2O/c1-11(9-15-2)10-16-8-7-12-5-3-4-6-13(12)14(16)17/h3-8,15H,1,9-10H2,2H3. The molecule has 0 spiro atoms. The highest BCUT2D eigenvalue weighted by atomic mass is 16.1. The molecule has 0 fully saturated rings. The highest BCUT2D eigenvalue weighted by Crippen LogP contribution is 2.08. The molecule has 0 saturated heterocycles. The maximum atomic E-state index is 12.2. The van der Waals surface area contributed by atoms with E-state index >= 15 is 0 Å². The average Bonchev–Trinajstić information content (AvgIpc) is 2.33. The molecule has 0 aliphatic rings. The number of aromatic nitrogens is 1. The van der Waals surface area contributed by atoms with E-state index < -0.39 is 0 Å². The summed E-state index contributed by atoms with van der Waals surface area (Å²) >= 11 is 0. The van der Waals surface area contributed by atoms with E-state index in [1.54, 1.807) is 4.57 Å². The van der Waals surface area contributed by atoms with Crippen LogP contribution in [0.3, 0.4) is 0 Å².